The Balaban J connectivity index is 1.26. The first-order valence-corrected chi connectivity index (χ1v) is 17.7. The number of aromatic nitrogens is 1. The SMILES string of the molecule is COSc1ccc2c(c1)N(CCSCC(=O)[O-])/C(=C/C=C/C=C/C=C/c1sc3ccc(S(C)=O)c4c3[n+]1CC4)S2. The van der Waals surface area contributed by atoms with E-state index in [1.807, 2.05) is 36.4 Å². The van der Waals surface area contributed by atoms with Crippen LogP contribution < -0.4 is 14.6 Å². The highest BCUT2D eigenvalue weighted by atomic mass is 32.2. The lowest BCUT2D eigenvalue weighted by Gasteiger charge is -2.20. The number of thiazole rings is 1. The zero-order chi connectivity index (χ0) is 28.1. The number of rotatable bonds is 12. The van der Waals surface area contributed by atoms with Gasteiger partial charge in [-0.05, 0) is 36.4 Å². The average molecular weight is 629 g/mol. The highest BCUT2D eigenvalue weighted by molar-refractivity contribution is 8.03. The van der Waals surface area contributed by atoms with Crippen LogP contribution >= 0.6 is 46.9 Å². The molecule has 40 heavy (non-hydrogen) atoms. The number of carbonyl (C=O) groups is 1. The summed E-state index contributed by atoms with van der Waals surface area (Å²) in [6.07, 6.45) is 17.0. The van der Waals surface area contributed by atoms with Crippen molar-refractivity contribution in [3.05, 3.63) is 82.4 Å². The van der Waals surface area contributed by atoms with Gasteiger partial charge in [-0.1, -0.05) is 53.5 Å². The molecule has 0 bridgehead atoms. The van der Waals surface area contributed by atoms with Crippen molar-refractivity contribution in [3.8, 4) is 0 Å². The van der Waals surface area contributed by atoms with E-state index in [0.717, 1.165) is 38.4 Å². The number of carbonyl (C=O) groups excluding carboxylic acids is 1. The Morgan fingerprint density at radius 2 is 2.02 bits per heavy atom. The van der Waals surface area contributed by atoms with E-state index >= 15 is 0 Å². The zero-order valence-electron chi connectivity index (χ0n) is 22.0. The van der Waals surface area contributed by atoms with Gasteiger partial charge in [0.2, 0.25) is 5.52 Å². The number of aliphatic carboxylic acids is 1. The molecule has 2 aliphatic rings. The first-order valence-electron chi connectivity index (χ1n) is 12.6. The summed E-state index contributed by atoms with van der Waals surface area (Å²) < 4.78 is 20.9. The molecule has 0 N–H and O–H groups in total. The summed E-state index contributed by atoms with van der Waals surface area (Å²) in [5.41, 5.74) is 3.57. The van der Waals surface area contributed by atoms with E-state index in [0.29, 0.717) is 12.3 Å². The number of nitrogens with zero attached hydrogens (tertiary/aromatic N) is 2. The average Bonchev–Trinajstić information content (AvgIpc) is 3.62. The molecule has 0 spiro atoms. The minimum atomic E-state index is -1.04. The summed E-state index contributed by atoms with van der Waals surface area (Å²) >= 11 is 6.15. The number of carboxylic acid groups (broad SMARTS) is 1. The molecule has 0 radical (unpaired) electrons. The molecular formula is C29H28N2O4S5. The van der Waals surface area contributed by atoms with Crippen LogP contribution in [0, 0.1) is 0 Å². The summed E-state index contributed by atoms with van der Waals surface area (Å²) in [4.78, 5) is 16.2. The third-order valence-electron chi connectivity index (χ3n) is 6.33. The zero-order valence-corrected chi connectivity index (χ0v) is 26.1. The lowest BCUT2D eigenvalue weighted by Crippen LogP contribution is -2.31. The molecular weight excluding hydrogens is 601 g/mol. The Morgan fingerprint density at radius 3 is 2.83 bits per heavy atom. The van der Waals surface area contributed by atoms with Crippen molar-refractivity contribution < 1.29 is 22.9 Å². The van der Waals surface area contributed by atoms with Crippen LogP contribution in [-0.2, 0) is 32.7 Å². The molecule has 3 aromatic rings. The molecule has 0 saturated carbocycles. The Hall–Kier alpha value is -2.28. The predicted molar refractivity (Wildman–Crippen MR) is 168 cm³/mol. The number of benzene rings is 2. The highest BCUT2D eigenvalue weighted by Crippen LogP contribution is 2.47. The fourth-order valence-electron chi connectivity index (χ4n) is 4.70. The van der Waals surface area contributed by atoms with E-state index in [9.17, 15) is 14.1 Å². The Labute approximate surface area is 253 Å². The number of fused-ring (bicyclic) bond motifs is 1. The summed E-state index contributed by atoms with van der Waals surface area (Å²) in [5.74, 6) is -0.367. The minimum Gasteiger partial charge on any atom is -0.549 e. The Morgan fingerprint density at radius 1 is 1.20 bits per heavy atom. The number of hydrogen-bond acceptors (Lipinski definition) is 9. The van der Waals surface area contributed by atoms with Crippen molar-refractivity contribution in [1.82, 2.24) is 0 Å². The van der Waals surface area contributed by atoms with E-state index in [1.54, 1.807) is 36.5 Å². The van der Waals surface area contributed by atoms with Crippen molar-refractivity contribution in [2.75, 3.05) is 36.3 Å². The van der Waals surface area contributed by atoms with E-state index in [2.05, 4.69) is 45.9 Å². The molecule has 11 heteroatoms. The molecule has 1 unspecified atom stereocenters. The van der Waals surface area contributed by atoms with Crippen molar-refractivity contribution >= 4 is 85.7 Å². The third-order valence-corrected chi connectivity index (χ3v) is 11.1. The molecule has 5 rings (SSSR count). The predicted octanol–water partition coefficient (Wildman–Crippen LogP) is 5.20. The molecule has 3 heterocycles. The second-order valence-corrected chi connectivity index (χ2v) is 14.4. The topological polar surface area (TPSA) is 73.5 Å². The number of allylic oxidation sites excluding steroid dienone is 6. The smallest absolute Gasteiger partial charge is 0.262 e. The van der Waals surface area contributed by atoms with Crippen LogP contribution in [-0.4, -0.2) is 41.6 Å². The molecule has 208 valence electrons. The molecule has 1 atom stereocenters. The number of carboxylic acids is 1. The second kappa shape index (κ2) is 13.6. The maximum absolute atomic E-state index is 12.1. The van der Waals surface area contributed by atoms with Gasteiger partial charge in [0.1, 0.15) is 4.70 Å². The van der Waals surface area contributed by atoms with Gasteiger partial charge in [-0.25, -0.2) is 0 Å². The van der Waals surface area contributed by atoms with Gasteiger partial charge in [0.25, 0.3) is 5.01 Å². The van der Waals surface area contributed by atoms with Crippen LogP contribution in [0.2, 0.25) is 0 Å². The maximum atomic E-state index is 12.1. The van der Waals surface area contributed by atoms with Gasteiger partial charge in [0.15, 0.2) is 6.54 Å². The van der Waals surface area contributed by atoms with E-state index < -0.39 is 16.8 Å². The van der Waals surface area contributed by atoms with Gasteiger partial charge < -0.3 is 19.0 Å². The standard InChI is InChI=1S/C29H28N2O4S5/c1-35-39-20-10-11-23-22(18-20)30(16-17-36-19-28(32)33)26(37-23)8-6-4-3-5-7-9-27-31-15-14-21-25(40(2)34)13-12-24(38-27)29(21)31/h3-13,18H,14-17,19H2,1-2H3. The van der Waals surface area contributed by atoms with Gasteiger partial charge in [-0.3, -0.25) is 4.21 Å². The number of hydrogen-bond donors (Lipinski definition) is 0. The van der Waals surface area contributed by atoms with E-state index in [1.165, 1.54) is 44.6 Å². The lowest BCUT2D eigenvalue weighted by molar-refractivity contribution is -0.661. The van der Waals surface area contributed by atoms with Gasteiger partial charge in [-0.2, -0.15) is 16.3 Å². The maximum Gasteiger partial charge on any atom is 0.262 e. The summed E-state index contributed by atoms with van der Waals surface area (Å²) in [5, 5.41) is 13.1. The van der Waals surface area contributed by atoms with E-state index in [4.69, 9.17) is 4.18 Å². The van der Waals surface area contributed by atoms with Crippen LogP contribution in [0.25, 0.3) is 16.3 Å². The van der Waals surface area contributed by atoms with E-state index in [-0.39, 0.29) is 5.75 Å². The monoisotopic (exact) mass is 628 g/mol. The van der Waals surface area contributed by atoms with Crippen LogP contribution in [0.5, 0.6) is 0 Å². The van der Waals surface area contributed by atoms with Gasteiger partial charge in [0.05, 0.1) is 34.6 Å². The van der Waals surface area contributed by atoms with Gasteiger partial charge in [-0.15, -0.1) is 0 Å². The molecule has 0 fully saturated rings. The van der Waals surface area contributed by atoms with Crippen LogP contribution in [0.3, 0.4) is 0 Å². The molecule has 1 aromatic heterocycles. The van der Waals surface area contributed by atoms with Crippen molar-refractivity contribution in [3.63, 3.8) is 0 Å². The molecule has 6 nitrogen and oxygen atoms in total. The minimum absolute atomic E-state index is 0.00593. The molecule has 0 amide bonds. The van der Waals surface area contributed by atoms with Crippen LogP contribution in [0.15, 0.2) is 86.5 Å². The Bertz CT molecular complexity index is 1570. The Kier molecular flexibility index (Phi) is 9.93. The van der Waals surface area contributed by atoms with Crippen molar-refractivity contribution in [1.29, 1.82) is 0 Å². The van der Waals surface area contributed by atoms with Crippen molar-refractivity contribution in [2.45, 2.75) is 27.7 Å². The number of thioether (sulfide) groups is 2. The fourth-order valence-corrected chi connectivity index (χ4v) is 8.81. The first-order chi connectivity index (χ1) is 19.5. The largest absolute Gasteiger partial charge is 0.549 e. The lowest BCUT2D eigenvalue weighted by atomic mass is 10.2. The van der Waals surface area contributed by atoms with Gasteiger partial charge >= 0.3 is 0 Å². The quantitative estimate of drug-likeness (QED) is 0.117. The third kappa shape index (κ3) is 6.61. The number of anilines is 1. The summed E-state index contributed by atoms with van der Waals surface area (Å²) in [7, 11) is 0.680. The second-order valence-electron chi connectivity index (χ2n) is 8.88. The first kappa shape index (κ1) is 29.2. The number of aryl methyl sites for hydroxylation is 2. The molecule has 0 aliphatic carbocycles. The molecule has 2 aromatic carbocycles. The highest BCUT2D eigenvalue weighted by Gasteiger charge is 2.30. The van der Waals surface area contributed by atoms with Crippen molar-refractivity contribution in [2.24, 2.45) is 0 Å². The normalized spacial score (nSPS) is 16.4. The summed E-state index contributed by atoms with van der Waals surface area (Å²) in [6, 6.07) is 10.4. The summed E-state index contributed by atoms with van der Waals surface area (Å²) in [6.45, 7) is 1.62. The molecule has 2 aliphatic heterocycles. The van der Waals surface area contributed by atoms with Gasteiger partial charge in [0, 0.05) is 69.1 Å². The molecule has 0 saturated heterocycles. The van der Waals surface area contributed by atoms with Crippen LogP contribution in [0.4, 0.5) is 5.69 Å². The fraction of sp³-hybridized carbons (Fsp3) is 0.241. The van der Waals surface area contributed by atoms with Crippen LogP contribution in [0.1, 0.15) is 10.6 Å².